The summed E-state index contributed by atoms with van der Waals surface area (Å²) in [6.45, 7) is 14.5. The smallest absolute Gasteiger partial charge is 0.0243 e. The summed E-state index contributed by atoms with van der Waals surface area (Å²) in [5, 5.41) is 3.73. The molecule has 1 heterocycles. The van der Waals surface area contributed by atoms with Gasteiger partial charge in [0, 0.05) is 19.1 Å². The number of rotatable bonds is 3. The topological polar surface area (TPSA) is 15.3 Å². The molecule has 0 aromatic rings. The van der Waals surface area contributed by atoms with E-state index in [1.165, 1.54) is 51.9 Å². The van der Waals surface area contributed by atoms with Gasteiger partial charge in [-0.2, -0.15) is 0 Å². The second-order valence-corrected chi connectivity index (χ2v) is 7.31. The van der Waals surface area contributed by atoms with E-state index in [4.69, 9.17) is 0 Å². The summed E-state index contributed by atoms with van der Waals surface area (Å²) in [6.07, 6.45) is 5.62. The molecule has 1 saturated heterocycles. The molecule has 1 aliphatic heterocycles. The van der Waals surface area contributed by atoms with Gasteiger partial charge in [-0.15, -0.1) is 0 Å². The van der Waals surface area contributed by atoms with Crippen molar-refractivity contribution in [3.8, 4) is 0 Å². The molecule has 0 amide bonds. The average Bonchev–Trinajstić information content (AvgIpc) is 3.02. The van der Waals surface area contributed by atoms with Gasteiger partial charge in [0.15, 0.2) is 0 Å². The highest BCUT2D eigenvalue weighted by atomic mass is 15.2. The van der Waals surface area contributed by atoms with Crippen LogP contribution >= 0.6 is 0 Å². The molecule has 1 saturated carbocycles. The maximum atomic E-state index is 3.73. The zero-order valence-corrected chi connectivity index (χ0v) is 12.2. The Morgan fingerprint density at radius 3 is 2.53 bits per heavy atom. The fourth-order valence-corrected chi connectivity index (χ4v) is 2.99. The third-order valence-corrected chi connectivity index (χ3v) is 4.79. The van der Waals surface area contributed by atoms with Crippen LogP contribution in [-0.2, 0) is 0 Å². The third kappa shape index (κ3) is 3.45. The Hall–Kier alpha value is -0.0800. The first kappa shape index (κ1) is 13.4. The predicted molar refractivity (Wildman–Crippen MR) is 74.3 cm³/mol. The first-order valence-corrected chi connectivity index (χ1v) is 7.41. The molecule has 0 aromatic heterocycles. The van der Waals surface area contributed by atoms with E-state index in [0.29, 0.717) is 16.9 Å². The van der Waals surface area contributed by atoms with Crippen LogP contribution in [0.5, 0.6) is 0 Å². The highest BCUT2D eigenvalue weighted by molar-refractivity contribution is 4.96. The van der Waals surface area contributed by atoms with E-state index in [2.05, 4.69) is 37.9 Å². The second kappa shape index (κ2) is 4.89. The quantitative estimate of drug-likeness (QED) is 0.813. The van der Waals surface area contributed by atoms with Gasteiger partial charge in [-0.3, -0.25) is 0 Å². The van der Waals surface area contributed by atoms with Gasteiger partial charge in [-0.25, -0.2) is 0 Å². The van der Waals surface area contributed by atoms with Crippen molar-refractivity contribution in [1.29, 1.82) is 0 Å². The third-order valence-electron chi connectivity index (χ3n) is 4.79. The fraction of sp³-hybridized carbons (Fsp3) is 1.00. The van der Waals surface area contributed by atoms with Crippen LogP contribution in [0.2, 0.25) is 0 Å². The molecule has 0 aromatic carbocycles. The van der Waals surface area contributed by atoms with Crippen LogP contribution in [0.1, 0.15) is 53.4 Å². The van der Waals surface area contributed by atoms with Crippen molar-refractivity contribution in [2.24, 2.45) is 10.8 Å². The predicted octanol–water partition coefficient (Wildman–Crippen LogP) is 2.89. The van der Waals surface area contributed by atoms with Crippen molar-refractivity contribution in [3.05, 3.63) is 0 Å². The zero-order chi connectivity index (χ0) is 12.5. The minimum atomic E-state index is 0.380. The molecule has 0 radical (unpaired) electrons. The standard InChI is InChI=1S/C15H30N2/c1-5-15(7-8-15)12-17-10-6-9-16-13(11-17)14(2,3)4/h13,16H,5-12H2,1-4H3. The Morgan fingerprint density at radius 1 is 1.29 bits per heavy atom. The summed E-state index contributed by atoms with van der Waals surface area (Å²) in [4.78, 5) is 2.73. The van der Waals surface area contributed by atoms with Crippen molar-refractivity contribution in [2.45, 2.75) is 59.4 Å². The van der Waals surface area contributed by atoms with Gasteiger partial charge in [0.1, 0.15) is 0 Å². The van der Waals surface area contributed by atoms with Crippen LogP contribution in [-0.4, -0.2) is 37.1 Å². The Kier molecular flexibility index (Phi) is 3.84. The lowest BCUT2D eigenvalue weighted by Gasteiger charge is -2.35. The van der Waals surface area contributed by atoms with E-state index < -0.39 is 0 Å². The normalized spacial score (nSPS) is 30.0. The number of hydrogen-bond donors (Lipinski definition) is 1. The maximum Gasteiger partial charge on any atom is 0.0243 e. The Bertz CT molecular complexity index is 250. The molecule has 1 unspecified atom stereocenters. The molecular weight excluding hydrogens is 208 g/mol. The first-order chi connectivity index (χ1) is 7.95. The van der Waals surface area contributed by atoms with Crippen molar-refractivity contribution in [3.63, 3.8) is 0 Å². The lowest BCUT2D eigenvalue weighted by atomic mass is 9.86. The second-order valence-electron chi connectivity index (χ2n) is 7.31. The zero-order valence-electron chi connectivity index (χ0n) is 12.2. The molecule has 0 spiro atoms. The van der Waals surface area contributed by atoms with Crippen molar-refractivity contribution in [2.75, 3.05) is 26.2 Å². The Labute approximate surface area is 107 Å². The molecule has 2 nitrogen and oxygen atoms in total. The molecule has 2 rings (SSSR count). The van der Waals surface area contributed by atoms with E-state index in [1.54, 1.807) is 0 Å². The van der Waals surface area contributed by atoms with Gasteiger partial charge in [0.05, 0.1) is 0 Å². The summed E-state index contributed by atoms with van der Waals surface area (Å²) in [5.74, 6) is 0. The molecule has 2 aliphatic rings. The van der Waals surface area contributed by atoms with E-state index >= 15 is 0 Å². The van der Waals surface area contributed by atoms with Crippen molar-refractivity contribution < 1.29 is 0 Å². The van der Waals surface area contributed by atoms with E-state index in [9.17, 15) is 0 Å². The minimum Gasteiger partial charge on any atom is -0.312 e. The molecule has 1 atom stereocenters. The molecule has 17 heavy (non-hydrogen) atoms. The highest BCUT2D eigenvalue weighted by Gasteiger charge is 2.42. The van der Waals surface area contributed by atoms with Gasteiger partial charge in [0.25, 0.3) is 0 Å². The molecular formula is C15H30N2. The van der Waals surface area contributed by atoms with E-state index in [0.717, 1.165) is 0 Å². The molecule has 2 heteroatoms. The molecule has 1 N–H and O–H groups in total. The number of nitrogens with one attached hydrogen (secondary N) is 1. The van der Waals surface area contributed by atoms with Crippen molar-refractivity contribution >= 4 is 0 Å². The highest BCUT2D eigenvalue weighted by Crippen LogP contribution is 2.49. The largest absolute Gasteiger partial charge is 0.312 e. The summed E-state index contributed by atoms with van der Waals surface area (Å²) in [5.41, 5.74) is 1.08. The monoisotopic (exact) mass is 238 g/mol. The SMILES string of the molecule is CCC1(CN2CCCNC(C(C)(C)C)C2)CC1. The Balaban J connectivity index is 1.93. The molecule has 100 valence electrons. The van der Waals surface area contributed by atoms with Gasteiger partial charge in [-0.05, 0) is 49.6 Å². The lowest BCUT2D eigenvalue weighted by Crippen LogP contribution is -2.47. The van der Waals surface area contributed by atoms with Crippen LogP contribution in [0.4, 0.5) is 0 Å². The van der Waals surface area contributed by atoms with E-state index in [1.807, 2.05) is 0 Å². The van der Waals surface area contributed by atoms with Crippen LogP contribution in [0.3, 0.4) is 0 Å². The van der Waals surface area contributed by atoms with Crippen LogP contribution in [0.15, 0.2) is 0 Å². The van der Waals surface area contributed by atoms with Gasteiger partial charge >= 0.3 is 0 Å². The number of nitrogens with zero attached hydrogens (tertiary/aromatic N) is 1. The first-order valence-electron chi connectivity index (χ1n) is 7.41. The lowest BCUT2D eigenvalue weighted by molar-refractivity contribution is 0.169. The molecule has 2 fully saturated rings. The Morgan fingerprint density at radius 2 is 2.00 bits per heavy atom. The van der Waals surface area contributed by atoms with Crippen LogP contribution in [0, 0.1) is 10.8 Å². The van der Waals surface area contributed by atoms with Crippen LogP contribution < -0.4 is 5.32 Å². The van der Waals surface area contributed by atoms with Crippen molar-refractivity contribution in [1.82, 2.24) is 10.2 Å². The summed E-state index contributed by atoms with van der Waals surface area (Å²) < 4.78 is 0. The summed E-state index contributed by atoms with van der Waals surface area (Å²) >= 11 is 0. The van der Waals surface area contributed by atoms with Gasteiger partial charge in [0.2, 0.25) is 0 Å². The summed E-state index contributed by atoms with van der Waals surface area (Å²) in [7, 11) is 0. The molecule has 0 bridgehead atoms. The van der Waals surface area contributed by atoms with E-state index in [-0.39, 0.29) is 0 Å². The van der Waals surface area contributed by atoms with Gasteiger partial charge in [-0.1, -0.05) is 27.7 Å². The fourth-order valence-electron chi connectivity index (χ4n) is 2.99. The average molecular weight is 238 g/mol. The van der Waals surface area contributed by atoms with Crippen LogP contribution in [0.25, 0.3) is 0 Å². The minimum absolute atomic E-state index is 0.380. The maximum absolute atomic E-state index is 3.73. The number of hydrogen-bond acceptors (Lipinski definition) is 2. The van der Waals surface area contributed by atoms with Gasteiger partial charge < -0.3 is 10.2 Å². The summed E-state index contributed by atoms with van der Waals surface area (Å²) in [6, 6.07) is 0.651. The molecule has 1 aliphatic carbocycles.